The van der Waals surface area contributed by atoms with E-state index in [1.807, 2.05) is 31.2 Å². The average Bonchev–Trinajstić information content (AvgIpc) is 2.68. The van der Waals surface area contributed by atoms with E-state index in [1.165, 1.54) is 25.6 Å². The number of carbonyl (C=O) groups is 2. The average molecular weight is 362 g/mol. The number of carbonyl (C=O) groups excluding carboxylic acids is 2. The second-order valence-electron chi connectivity index (χ2n) is 5.82. The maximum absolute atomic E-state index is 12.4. The Morgan fingerprint density at radius 2 is 1.63 bits per heavy atom. The minimum atomic E-state index is -0.471. The van der Waals surface area contributed by atoms with Gasteiger partial charge in [-0.15, -0.1) is 0 Å². The molecule has 1 aromatic heterocycles. The molecule has 1 heterocycles. The third kappa shape index (κ3) is 4.66. The number of hydrogen-bond acceptors (Lipinski definition) is 6. The molecule has 7 nitrogen and oxygen atoms in total. The van der Waals surface area contributed by atoms with Crippen LogP contribution in [0.4, 0.5) is 17.3 Å². The first kappa shape index (κ1) is 18.1. The van der Waals surface area contributed by atoms with Crippen LogP contribution in [0, 0.1) is 6.92 Å². The molecule has 0 spiro atoms. The van der Waals surface area contributed by atoms with Crippen molar-refractivity contribution >= 4 is 29.2 Å². The Kier molecular flexibility index (Phi) is 5.41. The van der Waals surface area contributed by atoms with Gasteiger partial charge in [0.1, 0.15) is 0 Å². The third-order valence-electron chi connectivity index (χ3n) is 3.73. The number of methoxy groups -OCH3 is 1. The SMILES string of the molecule is COC(=O)c1cccc(NC(=O)c2cnc(Nc3cccc(C)c3)nc2)c1. The fourth-order valence-electron chi connectivity index (χ4n) is 2.41. The van der Waals surface area contributed by atoms with Crippen LogP contribution in [0.25, 0.3) is 0 Å². The monoisotopic (exact) mass is 362 g/mol. The standard InChI is InChI=1S/C20H18N4O3/c1-13-5-3-7-16(9-13)24-20-21-11-15(12-22-20)18(25)23-17-8-4-6-14(10-17)19(26)27-2/h3-12H,1-2H3,(H,23,25)(H,21,22,24). The Bertz CT molecular complexity index is 971. The molecule has 0 atom stereocenters. The summed E-state index contributed by atoms with van der Waals surface area (Å²) in [6, 6.07) is 14.3. The van der Waals surface area contributed by atoms with Gasteiger partial charge in [0.2, 0.25) is 5.95 Å². The Hall–Kier alpha value is -3.74. The minimum absolute atomic E-state index is 0.299. The zero-order chi connectivity index (χ0) is 19.2. The number of aromatic nitrogens is 2. The second kappa shape index (κ2) is 8.09. The molecule has 0 fully saturated rings. The van der Waals surface area contributed by atoms with Crippen molar-refractivity contribution in [3.63, 3.8) is 0 Å². The van der Waals surface area contributed by atoms with Gasteiger partial charge in [-0.3, -0.25) is 4.79 Å². The minimum Gasteiger partial charge on any atom is -0.465 e. The maximum atomic E-state index is 12.4. The molecule has 3 rings (SSSR count). The fourth-order valence-corrected chi connectivity index (χ4v) is 2.41. The number of anilines is 3. The van der Waals surface area contributed by atoms with Gasteiger partial charge >= 0.3 is 5.97 Å². The molecular weight excluding hydrogens is 344 g/mol. The lowest BCUT2D eigenvalue weighted by molar-refractivity contribution is 0.0600. The van der Waals surface area contributed by atoms with Gasteiger partial charge in [-0.25, -0.2) is 14.8 Å². The number of ether oxygens (including phenoxy) is 1. The number of hydrogen-bond donors (Lipinski definition) is 2. The van der Waals surface area contributed by atoms with E-state index in [-0.39, 0.29) is 5.91 Å². The first-order valence-corrected chi connectivity index (χ1v) is 8.20. The van der Waals surface area contributed by atoms with E-state index in [1.54, 1.807) is 18.2 Å². The van der Waals surface area contributed by atoms with Crippen LogP contribution in [-0.2, 0) is 4.74 Å². The van der Waals surface area contributed by atoms with Gasteiger partial charge in [0.15, 0.2) is 0 Å². The Morgan fingerprint density at radius 1 is 0.926 bits per heavy atom. The smallest absolute Gasteiger partial charge is 0.337 e. The van der Waals surface area contributed by atoms with E-state index >= 15 is 0 Å². The van der Waals surface area contributed by atoms with Crippen LogP contribution in [0.1, 0.15) is 26.3 Å². The Morgan fingerprint density at radius 3 is 2.33 bits per heavy atom. The van der Waals surface area contributed by atoms with E-state index < -0.39 is 5.97 Å². The molecule has 1 amide bonds. The molecule has 0 unspecified atom stereocenters. The van der Waals surface area contributed by atoms with E-state index in [0.717, 1.165) is 11.3 Å². The van der Waals surface area contributed by atoms with Gasteiger partial charge in [0.25, 0.3) is 5.91 Å². The molecule has 7 heteroatoms. The van der Waals surface area contributed by atoms with Crippen LogP contribution in [-0.4, -0.2) is 29.0 Å². The number of benzene rings is 2. The lowest BCUT2D eigenvalue weighted by Crippen LogP contribution is -2.13. The highest BCUT2D eigenvalue weighted by atomic mass is 16.5. The molecule has 3 aromatic rings. The molecule has 0 saturated heterocycles. The fraction of sp³-hybridized carbons (Fsp3) is 0.100. The molecule has 2 N–H and O–H groups in total. The van der Waals surface area contributed by atoms with Crippen LogP contribution in [0.15, 0.2) is 60.9 Å². The molecule has 27 heavy (non-hydrogen) atoms. The number of rotatable bonds is 5. The lowest BCUT2D eigenvalue weighted by atomic mass is 10.2. The summed E-state index contributed by atoms with van der Waals surface area (Å²) >= 11 is 0. The molecular formula is C20H18N4O3. The van der Waals surface area contributed by atoms with Crippen LogP contribution in [0.2, 0.25) is 0 Å². The predicted molar refractivity (Wildman–Crippen MR) is 102 cm³/mol. The van der Waals surface area contributed by atoms with E-state index in [0.29, 0.717) is 22.8 Å². The van der Waals surface area contributed by atoms with E-state index in [2.05, 4.69) is 25.3 Å². The van der Waals surface area contributed by atoms with E-state index in [4.69, 9.17) is 0 Å². The van der Waals surface area contributed by atoms with Crippen molar-refractivity contribution in [1.29, 1.82) is 0 Å². The third-order valence-corrected chi connectivity index (χ3v) is 3.73. The van der Waals surface area contributed by atoms with Gasteiger partial charge < -0.3 is 15.4 Å². The van der Waals surface area contributed by atoms with E-state index in [9.17, 15) is 9.59 Å². The van der Waals surface area contributed by atoms with Crippen LogP contribution in [0.5, 0.6) is 0 Å². The summed E-state index contributed by atoms with van der Waals surface area (Å²) in [4.78, 5) is 32.3. The predicted octanol–water partition coefficient (Wildman–Crippen LogP) is 3.57. The van der Waals surface area contributed by atoms with Gasteiger partial charge in [0.05, 0.1) is 18.2 Å². The summed E-state index contributed by atoms with van der Waals surface area (Å²) in [6.45, 7) is 1.99. The van der Waals surface area contributed by atoms with Gasteiger partial charge in [0, 0.05) is 23.8 Å². The topological polar surface area (TPSA) is 93.2 Å². The molecule has 0 bridgehead atoms. The van der Waals surface area contributed by atoms with Crippen molar-refractivity contribution in [3.8, 4) is 0 Å². The molecule has 0 aliphatic heterocycles. The zero-order valence-corrected chi connectivity index (χ0v) is 14.9. The number of amides is 1. The van der Waals surface area contributed by atoms with Gasteiger partial charge in [-0.2, -0.15) is 0 Å². The van der Waals surface area contributed by atoms with Crippen molar-refractivity contribution in [3.05, 3.63) is 77.6 Å². The van der Waals surface area contributed by atoms with Crippen LogP contribution >= 0.6 is 0 Å². The number of nitrogens with one attached hydrogen (secondary N) is 2. The van der Waals surface area contributed by atoms with Gasteiger partial charge in [-0.05, 0) is 42.8 Å². The highest BCUT2D eigenvalue weighted by Gasteiger charge is 2.10. The highest BCUT2D eigenvalue weighted by molar-refractivity contribution is 6.04. The molecule has 0 aliphatic carbocycles. The summed E-state index contributed by atoms with van der Waals surface area (Å²) in [6.07, 6.45) is 2.87. The number of aryl methyl sites for hydroxylation is 1. The van der Waals surface area contributed by atoms with Crippen LogP contribution < -0.4 is 10.6 Å². The molecule has 0 radical (unpaired) electrons. The normalized spacial score (nSPS) is 10.1. The maximum Gasteiger partial charge on any atom is 0.337 e. The molecule has 0 saturated carbocycles. The van der Waals surface area contributed by atoms with Crippen molar-refractivity contribution in [2.75, 3.05) is 17.7 Å². The van der Waals surface area contributed by atoms with Crippen molar-refractivity contribution in [1.82, 2.24) is 9.97 Å². The molecule has 0 aliphatic rings. The largest absolute Gasteiger partial charge is 0.465 e. The molecule has 136 valence electrons. The van der Waals surface area contributed by atoms with Crippen molar-refractivity contribution < 1.29 is 14.3 Å². The first-order valence-electron chi connectivity index (χ1n) is 8.20. The second-order valence-corrected chi connectivity index (χ2v) is 5.82. The van der Waals surface area contributed by atoms with Crippen molar-refractivity contribution in [2.24, 2.45) is 0 Å². The van der Waals surface area contributed by atoms with Crippen molar-refractivity contribution in [2.45, 2.75) is 6.92 Å². The summed E-state index contributed by atoms with van der Waals surface area (Å²) in [5.41, 5.74) is 3.11. The van der Waals surface area contributed by atoms with Crippen LogP contribution in [0.3, 0.4) is 0 Å². The molecule has 2 aromatic carbocycles. The summed E-state index contributed by atoms with van der Waals surface area (Å²) in [7, 11) is 1.30. The summed E-state index contributed by atoms with van der Waals surface area (Å²) in [5.74, 6) is -0.454. The first-order chi connectivity index (χ1) is 13.0. The zero-order valence-electron chi connectivity index (χ0n) is 14.9. The number of esters is 1. The van der Waals surface area contributed by atoms with Gasteiger partial charge in [-0.1, -0.05) is 18.2 Å². The lowest BCUT2D eigenvalue weighted by Gasteiger charge is -2.08. The highest BCUT2D eigenvalue weighted by Crippen LogP contribution is 2.15. The Labute approximate surface area is 156 Å². The quantitative estimate of drug-likeness (QED) is 0.674. The Balaban J connectivity index is 1.68. The number of nitrogens with zero attached hydrogens (tertiary/aromatic N) is 2. The summed E-state index contributed by atoms with van der Waals surface area (Å²) in [5, 5.41) is 5.79. The summed E-state index contributed by atoms with van der Waals surface area (Å²) < 4.78 is 4.67.